The molecule has 0 unspecified atom stereocenters. The second-order valence-electron chi connectivity index (χ2n) is 5.28. The molecule has 5 nitrogen and oxygen atoms in total. The zero-order chi connectivity index (χ0) is 17.6. The van der Waals surface area contributed by atoms with Crippen LogP contribution in [0.4, 0.5) is 0 Å². The Labute approximate surface area is 153 Å². The predicted molar refractivity (Wildman–Crippen MR) is 97.4 cm³/mol. The smallest absolute Gasteiger partial charge is 0.331 e. The summed E-state index contributed by atoms with van der Waals surface area (Å²) in [5.41, 5.74) is 1.71. The number of benzene rings is 2. The van der Waals surface area contributed by atoms with Crippen molar-refractivity contribution in [2.75, 3.05) is 0 Å². The molecule has 0 aliphatic heterocycles. The van der Waals surface area contributed by atoms with Crippen molar-refractivity contribution in [3.63, 3.8) is 0 Å². The molecule has 0 aliphatic rings. The number of carbonyl (C=O) groups is 1. The van der Waals surface area contributed by atoms with Crippen molar-refractivity contribution in [2.45, 2.75) is 13.0 Å². The maximum absolute atomic E-state index is 12.0. The lowest BCUT2D eigenvalue weighted by atomic mass is 10.2. The molecule has 2 aromatic carbocycles. The minimum absolute atomic E-state index is 0.253. The number of rotatable bonds is 5. The van der Waals surface area contributed by atoms with Gasteiger partial charge >= 0.3 is 5.97 Å². The summed E-state index contributed by atoms with van der Waals surface area (Å²) in [6, 6.07) is 17.0. The van der Waals surface area contributed by atoms with Crippen LogP contribution in [-0.4, -0.2) is 16.2 Å². The maximum Gasteiger partial charge on any atom is 0.331 e. The van der Waals surface area contributed by atoms with Gasteiger partial charge in [0.2, 0.25) is 5.89 Å². The molecule has 25 heavy (non-hydrogen) atoms. The van der Waals surface area contributed by atoms with E-state index in [-0.39, 0.29) is 5.89 Å². The van der Waals surface area contributed by atoms with Gasteiger partial charge in [-0.25, -0.2) is 4.79 Å². The Morgan fingerprint density at radius 2 is 1.96 bits per heavy atom. The molecular formula is C19H15BrN2O3. The Bertz CT molecular complexity index is 890. The van der Waals surface area contributed by atoms with Gasteiger partial charge in [-0.3, -0.25) is 0 Å². The van der Waals surface area contributed by atoms with Gasteiger partial charge in [-0.2, -0.15) is 0 Å². The molecule has 1 heterocycles. The van der Waals surface area contributed by atoms with Crippen molar-refractivity contribution >= 4 is 28.0 Å². The maximum atomic E-state index is 12.0. The molecule has 0 radical (unpaired) electrons. The van der Waals surface area contributed by atoms with Gasteiger partial charge in [0.05, 0.1) is 0 Å². The number of nitrogens with zero attached hydrogens (tertiary/aromatic N) is 2. The molecule has 3 aromatic rings. The van der Waals surface area contributed by atoms with Crippen molar-refractivity contribution in [3.05, 3.63) is 76.6 Å². The third-order valence-corrected chi connectivity index (χ3v) is 3.86. The highest BCUT2D eigenvalue weighted by Gasteiger charge is 2.17. The summed E-state index contributed by atoms with van der Waals surface area (Å²) in [6.45, 7) is 1.69. The second kappa shape index (κ2) is 7.90. The van der Waals surface area contributed by atoms with Crippen LogP contribution in [0.15, 0.2) is 69.6 Å². The van der Waals surface area contributed by atoms with Crippen molar-refractivity contribution < 1.29 is 13.9 Å². The third-order valence-electron chi connectivity index (χ3n) is 3.36. The van der Waals surface area contributed by atoms with Crippen molar-refractivity contribution in [1.82, 2.24) is 10.2 Å². The van der Waals surface area contributed by atoms with Gasteiger partial charge in [-0.1, -0.05) is 46.3 Å². The van der Waals surface area contributed by atoms with E-state index >= 15 is 0 Å². The van der Waals surface area contributed by atoms with Gasteiger partial charge in [-0.05, 0) is 42.8 Å². The van der Waals surface area contributed by atoms with Crippen LogP contribution < -0.4 is 0 Å². The number of halogens is 1. The summed E-state index contributed by atoms with van der Waals surface area (Å²) >= 11 is 3.38. The van der Waals surface area contributed by atoms with Crippen molar-refractivity contribution in [1.29, 1.82) is 0 Å². The van der Waals surface area contributed by atoms with E-state index in [0.717, 1.165) is 15.6 Å². The zero-order valence-corrected chi connectivity index (χ0v) is 15.0. The van der Waals surface area contributed by atoms with Crippen LogP contribution in [-0.2, 0) is 9.53 Å². The quantitative estimate of drug-likeness (QED) is 0.455. The van der Waals surface area contributed by atoms with Crippen LogP contribution in [0.5, 0.6) is 0 Å². The lowest BCUT2D eigenvalue weighted by Gasteiger charge is -2.06. The van der Waals surface area contributed by atoms with Gasteiger partial charge in [-0.15, -0.1) is 10.2 Å². The first kappa shape index (κ1) is 17.1. The molecule has 0 saturated heterocycles. The molecule has 0 aliphatic carbocycles. The molecule has 0 spiro atoms. The van der Waals surface area contributed by atoms with E-state index < -0.39 is 12.1 Å². The van der Waals surface area contributed by atoms with Gasteiger partial charge in [0, 0.05) is 16.1 Å². The highest BCUT2D eigenvalue weighted by molar-refractivity contribution is 9.10. The zero-order valence-electron chi connectivity index (χ0n) is 13.4. The number of esters is 1. The summed E-state index contributed by atoms with van der Waals surface area (Å²) in [5, 5.41) is 7.94. The fourth-order valence-corrected chi connectivity index (χ4v) is 2.55. The number of hydrogen-bond acceptors (Lipinski definition) is 5. The summed E-state index contributed by atoms with van der Waals surface area (Å²) in [4.78, 5) is 12.0. The predicted octanol–water partition coefficient (Wildman–Crippen LogP) is 4.82. The van der Waals surface area contributed by atoms with Crippen LogP contribution >= 0.6 is 15.9 Å². The molecule has 126 valence electrons. The number of hydrogen-bond donors (Lipinski definition) is 0. The Hall–Kier alpha value is -2.73. The topological polar surface area (TPSA) is 65.2 Å². The molecule has 0 fully saturated rings. The van der Waals surface area contributed by atoms with E-state index in [1.54, 1.807) is 13.0 Å². The normalized spacial score (nSPS) is 12.2. The van der Waals surface area contributed by atoms with E-state index in [1.165, 1.54) is 6.08 Å². The summed E-state index contributed by atoms with van der Waals surface area (Å²) in [6.07, 6.45) is 2.42. The van der Waals surface area contributed by atoms with E-state index in [4.69, 9.17) is 9.15 Å². The fourth-order valence-electron chi connectivity index (χ4n) is 2.13. The van der Waals surface area contributed by atoms with E-state index in [9.17, 15) is 4.79 Å². The first-order valence-electron chi connectivity index (χ1n) is 7.65. The van der Waals surface area contributed by atoms with Crippen LogP contribution in [0, 0.1) is 0 Å². The van der Waals surface area contributed by atoms with Crippen LogP contribution in [0.2, 0.25) is 0 Å². The number of aromatic nitrogens is 2. The standard InChI is InChI=1S/C19H15BrN2O3/c1-13(18-21-22-19(25-18)15-7-3-2-4-8-15)24-17(23)11-10-14-6-5-9-16(20)12-14/h2-13H,1H3/b11-10+/t13-/m0/s1. The Kier molecular flexibility index (Phi) is 5.40. The summed E-state index contributed by atoms with van der Waals surface area (Å²) < 4.78 is 11.8. The lowest BCUT2D eigenvalue weighted by molar-refractivity contribution is -0.143. The van der Waals surface area contributed by atoms with Crippen LogP contribution in [0.1, 0.15) is 24.5 Å². The minimum Gasteiger partial charge on any atom is -0.449 e. The van der Waals surface area contributed by atoms with E-state index in [0.29, 0.717) is 5.89 Å². The van der Waals surface area contributed by atoms with Gasteiger partial charge in [0.15, 0.2) is 6.10 Å². The lowest BCUT2D eigenvalue weighted by Crippen LogP contribution is -2.06. The van der Waals surface area contributed by atoms with E-state index in [2.05, 4.69) is 26.1 Å². The largest absolute Gasteiger partial charge is 0.449 e. The average molecular weight is 399 g/mol. The monoisotopic (exact) mass is 398 g/mol. The van der Waals surface area contributed by atoms with E-state index in [1.807, 2.05) is 54.6 Å². The van der Waals surface area contributed by atoms with Crippen molar-refractivity contribution in [3.8, 4) is 11.5 Å². The van der Waals surface area contributed by atoms with Crippen LogP contribution in [0.25, 0.3) is 17.5 Å². The molecule has 1 aromatic heterocycles. The first-order chi connectivity index (χ1) is 12.1. The molecular weight excluding hydrogens is 384 g/mol. The first-order valence-corrected chi connectivity index (χ1v) is 8.44. The molecule has 6 heteroatoms. The highest BCUT2D eigenvalue weighted by atomic mass is 79.9. The summed E-state index contributed by atoms with van der Waals surface area (Å²) in [7, 11) is 0. The fraction of sp³-hybridized carbons (Fsp3) is 0.105. The van der Waals surface area contributed by atoms with Gasteiger partial charge in [0.25, 0.3) is 5.89 Å². The Morgan fingerprint density at radius 1 is 1.16 bits per heavy atom. The number of ether oxygens (including phenoxy) is 1. The SMILES string of the molecule is C[C@H](OC(=O)/C=C/c1cccc(Br)c1)c1nnc(-c2ccccc2)o1. The average Bonchev–Trinajstić information content (AvgIpc) is 3.11. The molecule has 3 rings (SSSR count). The molecule has 0 amide bonds. The second-order valence-corrected chi connectivity index (χ2v) is 6.19. The Morgan fingerprint density at radius 3 is 2.72 bits per heavy atom. The minimum atomic E-state index is -0.635. The molecule has 0 N–H and O–H groups in total. The molecule has 0 saturated carbocycles. The van der Waals surface area contributed by atoms with Crippen LogP contribution in [0.3, 0.4) is 0 Å². The molecule has 0 bridgehead atoms. The Balaban J connectivity index is 1.63. The molecule has 1 atom stereocenters. The summed E-state index contributed by atoms with van der Waals surface area (Å²) in [5.74, 6) is 0.165. The highest BCUT2D eigenvalue weighted by Crippen LogP contribution is 2.22. The third kappa shape index (κ3) is 4.64. The number of carbonyl (C=O) groups excluding carboxylic acids is 1. The van der Waals surface area contributed by atoms with Gasteiger partial charge < -0.3 is 9.15 Å². The van der Waals surface area contributed by atoms with Gasteiger partial charge in [0.1, 0.15) is 0 Å². The van der Waals surface area contributed by atoms with Crippen molar-refractivity contribution in [2.24, 2.45) is 0 Å².